The standard InChI is InChI=1S/C32H36B8N6O3S/c33-29(34)31(37,38)46(22-3-1-21(41)2-4-22)32(39,40)30(35,36)45(29)14-13-44-11-7-20(8-12-44)18-49-23-5-6-25-26(17-23)42-27(43-28(25)47)19-50-24-9-15-48-16-10-24/h1-6,17,20,24H,7-16,18-19,41H2,(H,42,43,47). The Morgan fingerprint density at radius 1 is 0.880 bits per heavy atom. The van der Waals surface area contributed by atoms with Gasteiger partial charge < -0.3 is 34.9 Å². The molecule has 3 saturated heterocycles. The average molecular weight is 671 g/mol. The summed E-state index contributed by atoms with van der Waals surface area (Å²) < 4.78 is 11.7. The van der Waals surface area contributed by atoms with Crippen LogP contribution in [-0.2, 0) is 10.5 Å². The topological polar surface area (TPSA) is 99.9 Å². The van der Waals surface area contributed by atoms with Crippen LogP contribution in [0.2, 0.25) is 0 Å². The van der Waals surface area contributed by atoms with E-state index in [0.29, 0.717) is 63.9 Å². The molecule has 9 nitrogen and oxygen atoms in total. The molecule has 0 saturated carbocycles. The first-order valence-electron chi connectivity index (χ1n) is 16.9. The zero-order valence-corrected chi connectivity index (χ0v) is 29.1. The van der Waals surface area contributed by atoms with E-state index < -0.39 is 21.4 Å². The molecule has 3 aromatic rings. The van der Waals surface area contributed by atoms with Gasteiger partial charge in [-0.25, -0.2) is 4.98 Å². The number of anilines is 2. The first kappa shape index (κ1) is 37.5. The Morgan fingerprint density at radius 2 is 1.52 bits per heavy atom. The van der Waals surface area contributed by atoms with E-state index in [0.717, 1.165) is 52.0 Å². The summed E-state index contributed by atoms with van der Waals surface area (Å²) in [5.74, 6) is 2.33. The number of hydrogen-bond donors (Lipinski definition) is 2. The highest BCUT2D eigenvalue weighted by atomic mass is 32.2. The van der Waals surface area contributed by atoms with E-state index >= 15 is 0 Å². The number of ether oxygens (including phenoxy) is 2. The van der Waals surface area contributed by atoms with Crippen molar-refractivity contribution in [3.05, 3.63) is 58.6 Å². The third-order valence-electron chi connectivity index (χ3n) is 10.3. The molecule has 3 aliphatic heterocycles. The fourth-order valence-corrected chi connectivity index (χ4v) is 8.08. The molecule has 50 heavy (non-hydrogen) atoms. The quantitative estimate of drug-likeness (QED) is 0.224. The predicted molar refractivity (Wildman–Crippen MR) is 209 cm³/mol. The van der Waals surface area contributed by atoms with Gasteiger partial charge in [0.15, 0.2) is 0 Å². The summed E-state index contributed by atoms with van der Waals surface area (Å²) in [5.41, 5.74) is 7.25. The van der Waals surface area contributed by atoms with E-state index in [4.69, 9.17) is 83.0 Å². The summed E-state index contributed by atoms with van der Waals surface area (Å²) in [6.07, 6.45) is 3.82. The molecule has 0 aliphatic carbocycles. The van der Waals surface area contributed by atoms with Crippen molar-refractivity contribution in [2.75, 3.05) is 56.6 Å². The van der Waals surface area contributed by atoms with Crippen molar-refractivity contribution in [2.24, 2.45) is 5.92 Å². The molecule has 0 amide bonds. The summed E-state index contributed by atoms with van der Waals surface area (Å²) in [6.45, 7) is 4.39. The highest BCUT2D eigenvalue weighted by Gasteiger charge is 2.59. The molecular weight excluding hydrogens is 635 g/mol. The van der Waals surface area contributed by atoms with Gasteiger partial charge in [-0.05, 0) is 102 Å². The fraction of sp³-hybridized carbons (Fsp3) is 0.562. The molecule has 16 radical (unpaired) electrons. The van der Waals surface area contributed by atoms with Gasteiger partial charge in [-0.3, -0.25) is 4.79 Å². The van der Waals surface area contributed by atoms with Crippen LogP contribution in [0.25, 0.3) is 10.9 Å². The molecule has 4 heterocycles. The predicted octanol–water partition coefficient (Wildman–Crippen LogP) is -0.206. The van der Waals surface area contributed by atoms with Crippen molar-refractivity contribution in [1.29, 1.82) is 0 Å². The van der Waals surface area contributed by atoms with Crippen molar-refractivity contribution >= 4 is 96.8 Å². The normalized spacial score (nSPS) is 22.8. The summed E-state index contributed by atoms with van der Waals surface area (Å²) >= 11 is 1.81. The largest absolute Gasteiger partial charge is 0.493 e. The zero-order valence-electron chi connectivity index (χ0n) is 28.3. The van der Waals surface area contributed by atoms with Crippen molar-refractivity contribution in [3.63, 3.8) is 0 Å². The molecule has 2 aromatic carbocycles. The highest BCUT2D eigenvalue weighted by Crippen LogP contribution is 2.45. The second-order valence-electron chi connectivity index (χ2n) is 13.8. The SMILES string of the molecule is [B]C1([B])N(CCN2CCC(COc3ccc4c(=O)[nH]c(CSC5CCOCC5)nc4c3)CC2)C([B])([B])C([B])([B])N(c2ccc(N)cc2)C1([B])[B]. The van der Waals surface area contributed by atoms with Crippen LogP contribution in [0.1, 0.15) is 31.5 Å². The molecule has 3 aliphatic rings. The van der Waals surface area contributed by atoms with E-state index in [1.165, 1.54) is 9.80 Å². The fourth-order valence-electron chi connectivity index (χ4n) is 7.02. The number of piperidine rings is 1. The molecule has 6 rings (SSSR count). The molecule has 18 heteroatoms. The van der Waals surface area contributed by atoms with Gasteiger partial charge in [0, 0.05) is 49.0 Å². The summed E-state index contributed by atoms with van der Waals surface area (Å²) in [7, 11) is 53.0. The molecule has 3 fully saturated rings. The monoisotopic (exact) mass is 672 g/mol. The Morgan fingerprint density at radius 3 is 2.16 bits per heavy atom. The maximum Gasteiger partial charge on any atom is 0.258 e. The van der Waals surface area contributed by atoms with E-state index in [1.54, 1.807) is 30.3 Å². The molecule has 242 valence electrons. The van der Waals surface area contributed by atoms with Crippen molar-refractivity contribution in [2.45, 2.75) is 58.0 Å². The van der Waals surface area contributed by atoms with Crippen LogP contribution in [0.5, 0.6) is 5.75 Å². The number of rotatable bonds is 10. The maximum absolute atomic E-state index is 12.7. The lowest BCUT2D eigenvalue weighted by molar-refractivity contribution is 0.0772. The number of nitrogens with two attached hydrogens (primary N) is 1. The average Bonchev–Trinajstić information content (AvgIpc) is 3.07. The first-order valence-corrected chi connectivity index (χ1v) is 18.0. The highest BCUT2D eigenvalue weighted by molar-refractivity contribution is 7.99. The van der Waals surface area contributed by atoms with E-state index in [1.807, 2.05) is 23.9 Å². The molecule has 0 unspecified atom stereocenters. The Bertz CT molecular complexity index is 1670. The van der Waals surface area contributed by atoms with Gasteiger partial charge in [-0.15, -0.1) is 0 Å². The molecular formula is C32H36B8N6O3S. The minimum absolute atomic E-state index is 0.143. The van der Waals surface area contributed by atoms with Gasteiger partial charge >= 0.3 is 0 Å². The van der Waals surface area contributed by atoms with Crippen LogP contribution in [0.3, 0.4) is 0 Å². The number of fused-ring (bicyclic) bond motifs is 1. The molecule has 0 atom stereocenters. The number of nitrogens with zero attached hydrogens (tertiary/aromatic N) is 4. The number of hydrogen-bond acceptors (Lipinski definition) is 9. The number of aromatic amines is 1. The van der Waals surface area contributed by atoms with Gasteiger partial charge in [0.05, 0.1) is 86.0 Å². The minimum Gasteiger partial charge on any atom is -0.493 e. The number of likely N-dealkylation sites (tertiary alicyclic amines) is 1. The number of benzene rings is 2. The maximum atomic E-state index is 12.7. The van der Waals surface area contributed by atoms with Crippen LogP contribution >= 0.6 is 11.8 Å². The van der Waals surface area contributed by atoms with Crippen molar-refractivity contribution < 1.29 is 9.47 Å². The van der Waals surface area contributed by atoms with Gasteiger partial charge in [0.1, 0.15) is 11.6 Å². The van der Waals surface area contributed by atoms with Gasteiger partial charge in [0.2, 0.25) is 0 Å². The first-order chi connectivity index (χ1) is 23.6. The van der Waals surface area contributed by atoms with Crippen LogP contribution in [0.15, 0.2) is 47.3 Å². The van der Waals surface area contributed by atoms with Crippen LogP contribution in [-0.4, -0.2) is 155 Å². The zero-order chi connectivity index (χ0) is 35.9. The smallest absolute Gasteiger partial charge is 0.258 e. The van der Waals surface area contributed by atoms with E-state index in [9.17, 15) is 4.79 Å². The Labute approximate surface area is 310 Å². The summed E-state index contributed by atoms with van der Waals surface area (Å²) in [6, 6.07) is 12.0. The Balaban J connectivity index is 1.03. The second kappa shape index (κ2) is 14.6. The van der Waals surface area contributed by atoms with Crippen molar-refractivity contribution in [3.8, 4) is 5.75 Å². The molecule has 0 bridgehead atoms. The number of H-pyrrole nitrogens is 1. The number of nitrogens with one attached hydrogen (secondary N) is 1. The van der Waals surface area contributed by atoms with Crippen LogP contribution < -0.4 is 20.9 Å². The van der Waals surface area contributed by atoms with Gasteiger partial charge in [-0.1, -0.05) is 0 Å². The number of piperazine rings is 1. The Hall–Kier alpha value is -2.27. The van der Waals surface area contributed by atoms with Crippen LogP contribution in [0, 0.1) is 5.92 Å². The summed E-state index contributed by atoms with van der Waals surface area (Å²) in [4.78, 5) is 25.3. The lowest BCUT2D eigenvalue weighted by atomic mass is 9.26. The van der Waals surface area contributed by atoms with Crippen molar-refractivity contribution in [1.82, 2.24) is 19.8 Å². The van der Waals surface area contributed by atoms with Gasteiger partial charge in [-0.2, -0.15) is 11.8 Å². The third kappa shape index (κ3) is 7.33. The lowest BCUT2D eigenvalue weighted by Crippen LogP contribution is -2.92. The van der Waals surface area contributed by atoms with Crippen LogP contribution in [0.4, 0.5) is 11.4 Å². The number of nitrogen functional groups attached to an aromatic ring is 1. The van der Waals surface area contributed by atoms with Gasteiger partial charge in [0.25, 0.3) is 5.56 Å². The summed E-state index contributed by atoms with van der Waals surface area (Å²) in [5, 5.41) is -6.82. The Kier molecular flexibility index (Phi) is 11.0. The van der Waals surface area contributed by atoms with E-state index in [-0.39, 0.29) is 12.1 Å². The van der Waals surface area contributed by atoms with E-state index in [2.05, 4.69) is 9.88 Å². The second-order valence-corrected chi connectivity index (χ2v) is 15.1. The third-order valence-corrected chi connectivity index (χ3v) is 11.6. The number of thioether (sulfide) groups is 1. The molecule has 3 N–H and O–H groups in total. The number of aromatic nitrogens is 2. The minimum atomic E-state index is -1.99. The molecule has 0 spiro atoms. The molecule has 1 aromatic heterocycles. The lowest BCUT2D eigenvalue weighted by Gasteiger charge is -2.76.